The van der Waals surface area contributed by atoms with Crippen LogP contribution in [0, 0.1) is 12.7 Å². The predicted octanol–water partition coefficient (Wildman–Crippen LogP) is 3.82. The van der Waals surface area contributed by atoms with Crippen molar-refractivity contribution >= 4 is 17.2 Å². The van der Waals surface area contributed by atoms with E-state index in [1.54, 1.807) is 6.07 Å². The second kappa shape index (κ2) is 8.30. The van der Waals surface area contributed by atoms with E-state index in [1.165, 1.54) is 30.9 Å². The predicted molar refractivity (Wildman–Crippen MR) is 117 cm³/mol. The minimum absolute atomic E-state index is 0.209. The molecule has 0 spiro atoms. The number of nitrogens with zero attached hydrogens (tertiary/aromatic N) is 3. The van der Waals surface area contributed by atoms with Crippen LogP contribution in [-0.4, -0.2) is 41.6 Å². The summed E-state index contributed by atoms with van der Waals surface area (Å²) in [5.74, 6) is 0.136. The molecule has 7 heteroatoms. The minimum atomic E-state index is -0.275. The standard InChI is InChI=1S/C24H27FN4O2/c1-16-23(29-8-7-19(14-22(29)27-16)18-3-2-4-18)24(30)26-15-17-5-6-21(20(25)13-17)28-9-11-31-12-10-28/h5-8,13-14,18H,2-4,9-12,15H2,1H3,(H,26,30). The molecule has 0 bridgehead atoms. The number of carbonyl (C=O) groups is 1. The van der Waals surface area contributed by atoms with E-state index in [0.717, 1.165) is 11.2 Å². The fourth-order valence-corrected chi connectivity index (χ4v) is 4.43. The molecule has 0 atom stereocenters. The number of hydrogen-bond acceptors (Lipinski definition) is 4. The van der Waals surface area contributed by atoms with Crippen molar-refractivity contribution in [3.05, 3.63) is 64.9 Å². The molecule has 1 aliphatic carbocycles. The number of hydrogen-bond donors (Lipinski definition) is 1. The third-order valence-electron chi connectivity index (χ3n) is 6.43. The largest absolute Gasteiger partial charge is 0.378 e. The van der Waals surface area contributed by atoms with Crippen LogP contribution in [0.1, 0.15) is 52.5 Å². The lowest BCUT2D eigenvalue weighted by atomic mass is 9.80. The van der Waals surface area contributed by atoms with E-state index in [9.17, 15) is 9.18 Å². The van der Waals surface area contributed by atoms with Gasteiger partial charge in [-0.25, -0.2) is 9.37 Å². The first-order valence-corrected chi connectivity index (χ1v) is 11.0. The molecule has 3 aromatic rings. The molecule has 2 aromatic heterocycles. The number of morpholine rings is 1. The summed E-state index contributed by atoms with van der Waals surface area (Å²) in [5.41, 5.74) is 4.62. The van der Waals surface area contributed by atoms with Crippen molar-refractivity contribution in [2.24, 2.45) is 0 Å². The van der Waals surface area contributed by atoms with Crippen LogP contribution in [-0.2, 0) is 11.3 Å². The normalized spacial score (nSPS) is 17.0. The summed E-state index contributed by atoms with van der Waals surface area (Å²) in [5, 5.41) is 2.92. The highest BCUT2D eigenvalue weighted by molar-refractivity contribution is 5.94. The molecular formula is C24H27FN4O2. The molecule has 3 heterocycles. The molecule has 0 radical (unpaired) electrons. The zero-order chi connectivity index (χ0) is 21.4. The molecular weight excluding hydrogens is 395 g/mol. The first-order valence-electron chi connectivity index (χ1n) is 11.0. The molecule has 31 heavy (non-hydrogen) atoms. The molecule has 6 nitrogen and oxygen atoms in total. The van der Waals surface area contributed by atoms with Gasteiger partial charge >= 0.3 is 0 Å². The Morgan fingerprint density at radius 3 is 2.74 bits per heavy atom. The van der Waals surface area contributed by atoms with Crippen molar-refractivity contribution in [3.8, 4) is 0 Å². The number of fused-ring (bicyclic) bond motifs is 1. The number of aromatic nitrogens is 2. The fourth-order valence-electron chi connectivity index (χ4n) is 4.43. The highest BCUT2D eigenvalue weighted by atomic mass is 19.1. The second-order valence-electron chi connectivity index (χ2n) is 8.43. The zero-order valence-electron chi connectivity index (χ0n) is 17.7. The minimum Gasteiger partial charge on any atom is -0.378 e. The van der Waals surface area contributed by atoms with Crippen molar-refractivity contribution in [2.45, 2.75) is 38.6 Å². The van der Waals surface area contributed by atoms with Crippen molar-refractivity contribution in [2.75, 3.05) is 31.2 Å². The molecule has 1 saturated heterocycles. The van der Waals surface area contributed by atoms with E-state index in [-0.39, 0.29) is 18.3 Å². The van der Waals surface area contributed by atoms with Gasteiger partial charge in [0.25, 0.3) is 5.91 Å². The lowest BCUT2D eigenvalue weighted by Gasteiger charge is -2.29. The van der Waals surface area contributed by atoms with Crippen molar-refractivity contribution in [1.29, 1.82) is 0 Å². The smallest absolute Gasteiger partial charge is 0.270 e. The number of amides is 1. The molecule has 162 valence electrons. The Balaban J connectivity index is 1.29. The molecule has 0 unspecified atom stereocenters. The molecule has 2 fully saturated rings. The first kappa shape index (κ1) is 20.0. The monoisotopic (exact) mass is 422 g/mol. The number of halogens is 1. The number of imidazole rings is 1. The van der Waals surface area contributed by atoms with E-state index in [1.807, 2.05) is 28.5 Å². The summed E-state index contributed by atoms with van der Waals surface area (Å²) in [7, 11) is 0. The van der Waals surface area contributed by atoms with Gasteiger partial charge in [0.1, 0.15) is 17.2 Å². The van der Waals surface area contributed by atoms with E-state index in [2.05, 4.69) is 22.4 Å². The quantitative estimate of drug-likeness (QED) is 0.679. The lowest BCUT2D eigenvalue weighted by Crippen LogP contribution is -2.36. The number of ether oxygens (including phenoxy) is 1. The Morgan fingerprint density at radius 2 is 2.03 bits per heavy atom. The van der Waals surface area contributed by atoms with Gasteiger partial charge in [0.2, 0.25) is 0 Å². The van der Waals surface area contributed by atoms with Gasteiger partial charge in [-0.15, -0.1) is 0 Å². The van der Waals surface area contributed by atoms with Crippen LogP contribution in [0.3, 0.4) is 0 Å². The Hall–Kier alpha value is -2.93. The van der Waals surface area contributed by atoms with Crippen LogP contribution in [0.2, 0.25) is 0 Å². The molecule has 1 amide bonds. The van der Waals surface area contributed by atoms with Gasteiger partial charge in [-0.3, -0.25) is 9.20 Å². The second-order valence-corrected chi connectivity index (χ2v) is 8.43. The van der Waals surface area contributed by atoms with Crippen LogP contribution in [0.5, 0.6) is 0 Å². The molecule has 1 N–H and O–H groups in total. The van der Waals surface area contributed by atoms with E-state index in [0.29, 0.717) is 49.3 Å². The highest BCUT2D eigenvalue weighted by Crippen LogP contribution is 2.36. The maximum atomic E-state index is 14.6. The molecule has 2 aliphatic rings. The van der Waals surface area contributed by atoms with Gasteiger partial charge in [-0.2, -0.15) is 0 Å². The Kier molecular flexibility index (Phi) is 5.36. The van der Waals surface area contributed by atoms with Crippen LogP contribution >= 0.6 is 0 Å². The lowest BCUT2D eigenvalue weighted by molar-refractivity contribution is 0.0944. The Labute approximate surface area is 181 Å². The molecule has 1 saturated carbocycles. The maximum absolute atomic E-state index is 14.6. The first-order chi connectivity index (χ1) is 15.1. The van der Waals surface area contributed by atoms with Gasteiger partial charge in [-0.1, -0.05) is 12.5 Å². The molecule has 5 rings (SSSR count). The summed E-state index contributed by atoms with van der Waals surface area (Å²) in [6.07, 6.45) is 5.67. The molecule has 1 aromatic carbocycles. The summed E-state index contributed by atoms with van der Waals surface area (Å²) >= 11 is 0. The van der Waals surface area contributed by atoms with Gasteiger partial charge in [-0.05, 0) is 61.1 Å². The number of benzene rings is 1. The van der Waals surface area contributed by atoms with Gasteiger partial charge in [0, 0.05) is 25.8 Å². The summed E-state index contributed by atoms with van der Waals surface area (Å²) < 4.78 is 21.8. The van der Waals surface area contributed by atoms with Crippen LogP contribution in [0.15, 0.2) is 36.5 Å². The third-order valence-corrected chi connectivity index (χ3v) is 6.43. The Morgan fingerprint density at radius 1 is 1.23 bits per heavy atom. The van der Waals surface area contributed by atoms with Crippen molar-refractivity contribution < 1.29 is 13.9 Å². The van der Waals surface area contributed by atoms with Gasteiger partial charge < -0.3 is 15.0 Å². The maximum Gasteiger partial charge on any atom is 0.270 e. The number of nitrogens with one attached hydrogen (secondary N) is 1. The van der Waals surface area contributed by atoms with Crippen LogP contribution in [0.25, 0.3) is 5.65 Å². The summed E-state index contributed by atoms with van der Waals surface area (Å²) in [6.45, 7) is 4.69. The number of anilines is 1. The van der Waals surface area contributed by atoms with Gasteiger partial charge in [0.05, 0.1) is 24.6 Å². The topological polar surface area (TPSA) is 58.9 Å². The van der Waals surface area contributed by atoms with Crippen LogP contribution < -0.4 is 10.2 Å². The summed E-state index contributed by atoms with van der Waals surface area (Å²) in [4.78, 5) is 19.5. The SMILES string of the molecule is Cc1nc2cc(C3CCC3)ccn2c1C(=O)NCc1ccc(N2CCOCC2)c(F)c1. The van der Waals surface area contributed by atoms with E-state index >= 15 is 0 Å². The number of pyridine rings is 1. The Bertz CT molecular complexity index is 1120. The highest BCUT2D eigenvalue weighted by Gasteiger charge is 2.22. The van der Waals surface area contributed by atoms with E-state index < -0.39 is 0 Å². The zero-order valence-corrected chi connectivity index (χ0v) is 17.7. The third kappa shape index (κ3) is 3.90. The number of aryl methyl sites for hydroxylation is 1. The summed E-state index contributed by atoms with van der Waals surface area (Å²) in [6, 6.07) is 9.32. The molecule has 1 aliphatic heterocycles. The van der Waals surface area contributed by atoms with Crippen molar-refractivity contribution in [3.63, 3.8) is 0 Å². The van der Waals surface area contributed by atoms with Gasteiger partial charge in [0.15, 0.2) is 0 Å². The van der Waals surface area contributed by atoms with Crippen LogP contribution in [0.4, 0.5) is 10.1 Å². The average Bonchev–Trinajstić information content (AvgIpc) is 3.06. The fraction of sp³-hybridized carbons (Fsp3) is 0.417. The number of carbonyl (C=O) groups excluding carboxylic acids is 1. The average molecular weight is 423 g/mol. The van der Waals surface area contributed by atoms with E-state index in [4.69, 9.17) is 4.74 Å². The number of rotatable bonds is 5. The van der Waals surface area contributed by atoms with Crippen molar-refractivity contribution in [1.82, 2.24) is 14.7 Å².